The van der Waals surface area contributed by atoms with Crippen LogP contribution in [0.4, 0.5) is 5.82 Å². The van der Waals surface area contributed by atoms with Crippen molar-refractivity contribution in [2.24, 2.45) is 5.92 Å². The van der Waals surface area contributed by atoms with Crippen LogP contribution >= 0.6 is 11.3 Å². The molecule has 0 spiro atoms. The Kier molecular flexibility index (Phi) is 8.23. The largest absolute Gasteiger partial charge is 0.497 e. The molecule has 0 radical (unpaired) electrons. The first kappa shape index (κ1) is 25.4. The number of amides is 1. The van der Waals surface area contributed by atoms with E-state index in [1.54, 1.807) is 24.8 Å². The van der Waals surface area contributed by atoms with Gasteiger partial charge < -0.3 is 15.0 Å². The molecule has 1 unspecified atom stereocenters. The SMILES string of the molecule is CCN(CC)C(CNC(=O)C1CCN(c2ncnc3sc(C)c(C)c23)CC1)c1cccc(OC)c1. The Morgan fingerprint density at radius 3 is 2.66 bits per heavy atom. The van der Waals surface area contributed by atoms with Gasteiger partial charge in [0.15, 0.2) is 0 Å². The van der Waals surface area contributed by atoms with Gasteiger partial charge in [-0.3, -0.25) is 9.69 Å². The summed E-state index contributed by atoms with van der Waals surface area (Å²) < 4.78 is 5.44. The van der Waals surface area contributed by atoms with Gasteiger partial charge in [0.2, 0.25) is 5.91 Å². The number of anilines is 1. The molecule has 1 N–H and O–H groups in total. The molecule has 1 aliphatic heterocycles. The highest BCUT2D eigenvalue weighted by molar-refractivity contribution is 7.18. The van der Waals surface area contributed by atoms with Crippen LogP contribution in [-0.4, -0.2) is 60.6 Å². The normalized spacial score (nSPS) is 15.5. The van der Waals surface area contributed by atoms with E-state index in [0.717, 1.165) is 61.0 Å². The maximum Gasteiger partial charge on any atom is 0.223 e. The maximum absolute atomic E-state index is 13.2. The van der Waals surface area contributed by atoms with Crippen LogP contribution in [0, 0.1) is 19.8 Å². The summed E-state index contributed by atoms with van der Waals surface area (Å²) >= 11 is 1.72. The fourth-order valence-corrected chi connectivity index (χ4v) is 6.06. The Morgan fingerprint density at radius 2 is 1.97 bits per heavy atom. The van der Waals surface area contributed by atoms with Crippen molar-refractivity contribution >= 4 is 33.3 Å². The average molecular weight is 496 g/mol. The maximum atomic E-state index is 13.2. The van der Waals surface area contributed by atoms with E-state index >= 15 is 0 Å². The summed E-state index contributed by atoms with van der Waals surface area (Å²) in [5, 5.41) is 4.44. The second kappa shape index (κ2) is 11.4. The fourth-order valence-electron chi connectivity index (χ4n) is 5.07. The molecule has 1 aromatic carbocycles. The van der Waals surface area contributed by atoms with Gasteiger partial charge in [-0.15, -0.1) is 11.3 Å². The van der Waals surface area contributed by atoms with Gasteiger partial charge in [-0.05, 0) is 63.0 Å². The van der Waals surface area contributed by atoms with Crippen molar-refractivity contribution in [1.29, 1.82) is 0 Å². The highest BCUT2D eigenvalue weighted by atomic mass is 32.1. The second-order valence-corrected chi connectivity index (χ2v) is 10.4. The lowest BCUT2D eigenvalue weighted by atomic mass is 9.95. The molecular formula is C27H37N5O2S. The zero-order chi connectivity index (χ0) is 24.9. The number of carbonyl (C=O) groups is 1. The van der Waals surface area contributed by atoms with E-state index in [1.807, 2.05) is 12.1 Å². The summed E-state index contributed by atoms with van der Waals surface area (Å²) in [6.45, 7) is 12.7. The van der Waals surface area contributed by atoms with Gasteiger partial charge in [0, 0.05) is 30.4 Å². The Labute approximate surface area is 212 Å². The number of carbonyl (C=O) groups excluding carboxylic acids is 1. The molecule has 3 aromatic rings. The zero-order valence-electron chi connectivity index (χ0n) is 21.5. The molecule has 8 heteroatoms. The number of hydrogen-bond acceptors (Lipinski definition) is 7. The van der Waals surface area contributed by atoms with Crippen LogP contribution in [0.25, 0.3) is 10.2 Å². The van der Waals surface area contributed by atoms with E-state index < -0.39 is 0 Å². The minimum absolute atomic E-state index is 0.0246. The first-order chi connectivity index (χ1) is 17.0. The van der Waals surface area contributed by atoms with Gasteiger partial charge in [-0.2, -0.15) is 0 Å². The van der Waals surface area contributed by atoms with Gasteiger partial charge in [-0.1, -0.05) is 26.0 Å². The lowest BCUT2D eigenvalue weighted by Gasteiger charge is -2.34. The number of nitrogens with one attached hydrogen (secondary N) is 1. The number of nitrogens with zero attached hydrogens (tertiary/aromatic N) is 4. The van der Waals surface area contributed by atoms with E-state index in [4.69, 9.17) is 4.74 Å². The third-order valence-electron chi connectivity index (χ3n) is 7.31. The van der Waals surface area contributed by atoms with Crippen LogP contribution in [0.5, 0.6) is 5.75 Å². The highest BCUT2D eigenvalue weighted by Gasteiger charge is 2.28. The molecule has 1 atom stereocenters. The topological polar surface area (TPSA) is 70.6 Å². The number of piperidine rings is 1. The minimum atomic E-state index is 0.0246. The van der Waals surface area contributed by atoms with Crippen LogP contribution in [0.15, 0.2) is 30.6 Å². The molecule has 1 fully saturated rings. The Morgan fingerprint density at radius 1 is 1.23 bits per heavy atom. The number of methoxy groups -OCH3 is 1. The van der Waals surface area contributed by atoms with Crippen LogP contribution in [0.1, 0.15) is 48.7 Å². The number of thiophene rings is 1. The van der Waals surface area contributed by atoms with Gasteiger partial charge in [0.1, 0.15) is 22.7 Å². The van der Waals surface area contributed by atoms with Crippen LogP contribution in [-0.2, 0) is 4.79 Å². The molecule has 188 valence electrons. The van der Waals surface area contributed by atoms with E-state index in [-0.39, 0.29) is 17.9 Å². The summed E-state index contributed by atoms with van der Waals surface area (Å²) in [7, 11) is 1.69. The predicted molar refractivity (Wildman–Crippen MR) is 143 cm³/mol. The Hall–Kier alpha value is -2.71. The lowest BCUT2D eigenvalue weighted by molar-refractivity contribution is -0.125. The van der Waals surface area contributed by atoms with Gasteiger partial charge in [0.25, 0.3) is 0 Å². The van der Waals surface area contributed by atoms with E-state index in [1.165, 1.54) is 15.8 Å². The van der Waals surface area contributed by atoms with Crippen LogP contribution in [0.2, 0.25) is 0 Å². The monoisotopic (exact) mass is 495 g/mol. The average Bonchev–Trinajstić information content (AvgIpc) is 3.19. The Bertz CT molecular complexity index is 1150. The van der Waals surface area contributed by atoms with Crippen molar-refractivity contribution in [3.05, 3.63) is 46.6 Å². The smallest absolute Gasteiger partial charge is 0.223 e. The standard InChI is InChI=1S/C27H37N5O2S/c1-6-31(7-2)23(21-9-8-10-22(15-21)34-5)16-28-26(33)20-11-13-32(14-12-20)25-24-18(3)19(4)35-27(24)30-17-29-25/h8-10,15,17,20,23H,6-7,11-14,16H2,1-5H3,(H,28,33). The molecule has 2 aromatic heterocycles. The third-order valence-corrected chi connectivity index (χ3v) is 8.43. The minimum Gasteiger partial charge on any atom is -0.497 e. The summed E-state index contributed by atoms with van der Waals surface area (Å²) in [4.78, 5) is 29.3. The molecule has 35 heavy (non-hydrogen) atoms. The van der Waals surface area contributed by atoms with E-state index in [9.17, 15) is 4.79 Å². The molecule has 0 saturated carbocycles. The van der Waals surface area contributed by atoms with Crippen molar-refractivity contribution in [3.63, 3.8) is 0 Å². The van der Waals surface area contributed by atoms with Gasteiger partial charge in [0.05, 0.1) is 18.5 Å². The molecular weight excluding hydrogens is 458 g/mol. The number of hydrogen-bond donors (Lipinski definition) is 1. The Balaban J connectivity index is 1.40. The molecule has 7 nitrogen and oxygen atoms in total. The molecule has 3 heterocycles. The fraction of sp³-hybridized carbons (Fsp3) is 0.519. The van der Waals surface area contributed by atoms with Gasteiger partial charge >= 0.3 is 0 Å². The summed E-state index contributed by atoms with van der Waals surface area (Å²) in [6, 6.07) is 8.28. The van der Waals surface area contributed by atoms with Crippen molar-refractivity contribution in [2.45, 2.75) is 46.6 Å². The number of benzene rings is 1. The van der Waals surface area contributed by atoms with Crippen molar-refractivity contribution in [2.75, 3.05) is 44.7 Å². The summed E-state index contributed by atoms with van der Waals surface area (Å²) in [5.74, 6) is 2.03. The third kappa shape index (κ3) is 5.43. The van der Waals surface area contributed by atoms with Crippen LogP contribution < -0.4 is 15.0 Å². The van der Waals surface area contributed by atoms with Gasteiger partial charge in [-0.25, -0.2) is 9.97 Å². The van der Waals surface area contributed by atoms with Crippen molar-refractivity contribution in [3.8, 4) is 5.75 Å². The number of likely N-dealkylation sites (N-methyl/N-ethyl adjacent to an activating group) is 1. The first-order valence-electron chi connectivity index (χ1n) is 12.6. The first-order valence-corrected chi connectivity index (χ1v) is 13.4. The number of aromatic nitrogens is 2. The summed E-state index contributed by atoms with van der Waals surface area (Å²) in [6.07, 6.45) is 3.32. The van der Waals surface area contributed by atoms with E-state index in [2.05, 4.69) is 64.9 Å². The number of ether oxygens (including phenoxy) is 1. The van der Waals surface area contributed by atoms with E-state index in [0.29, 0.717) is 6.54 Å². The molecule has 0 aliphatic carbocycles. The van der Waals surface area contributed by atoms with Crippen molar-refractivity contribution in [1.82, 2.24) is 20.2 Å². The second-order valence-electron chi connectivity index (χ2n) is 9.18. The number of aryl methyl sites for hydroxylation is 2. The number of fused-ring (bicyclic) bond motifs is 1. The lowest BCUT2D eigenvalue weighted by Crippen LogP contribution is -2.44. The molecule has 1 aliphatic rings. The molecule has 1 saturated heterocycles. The predicted octanol–water partition coefficient (Wildman–Crippen LogP) is 4.73. The van der Waals surface area contributed by atoms with Crippen LogP contribution in [0.3, 0.4) is 0 Å². The molecule has 4 rings (SSSR count). The highest BCUT2D eigenvalue weighted by Crippen LogP contribution is 2.35. The van der Waals surface area contributed by atoms with Crippen molar-refractivity contribution < 1.29 is 9.53 Å². The number of rotatable bonds is 9. The summed E-state index contributed by atoms with van der Waals surface area (Å²) in [5.41, 5.74) is 2.43. The molecule has 1 amide bonds. The quantitative estimate of drug-likeness (QED) is 0.463. The molecule has 0 bridgehead atoms. The zero-order valence-corrected chi connectivity index (χ0v) is 22.3.